The SMILES string of the molecule is NC(Cc1c(F)ccc(Br)c1F)c1cc(F)cc(F)c1. The lowest BCUT2D eigenvalue weighted by Gasteiger charge is -2.14. The molecule has 0 aliphatic rings. The first-order valence-electron chi connectivity index (χ1n) is 5.72. The van der Waals surface area contributed by atoms with Gasteiger partial charge in [0.1, 0.15) is 23.3 Å². The van der Waals surface area contributed by atoms with Crippen molar-refractivity contribution in [1.82, 2.24) is 0 Å². The van der Waals surface area contributed by atoms with Gasteiger partial charge in [-0.2, -0.15) is 0 Å². The van der Waals surface area contributed by atoms with E-state index >= 15 is 0 Å². The Kier molecular flexibility index (Phi) is 4.45. The Balaban J connectivity index is 2.32. The largest absolute Gasteiger partial charge is 0.324 e. The van der Waals surface area contributed by atoms with Crippen molar-refractivity contribution in [2.75, 3.05) is 0 Å². The van der Waals surface area contributed by atoms with Crippen LogP contribution in [0.15, 0.2) is 34.8 Å². The topological polar surface area (TPSA) is 26.0 Å². The summed E-state index contributed by atoms with van der Waals surface area (Å²) in [7, 11) is 0. The van der Waals surface area contributed by atoms with Crippen molar-refractivity contribution in [2.45, 2.75) is 12.5 Å². The van der Waals surface area contributed by atoms with Gasteiger partial charge in [-0.25, -0.2) is 17.6 Å². The molecule has 2 aromatic rings. The molecule has 0 spiro atoms. The molecule has 1 unspecified atom stereocenters. The van der Waals surface area contributed by atoms with E-state index in [1.165, 1.54) is 6.07 Å². The Hall–Kier alpha value is -1.40. The minimum absolute atomic E-state index is 0.103. The second-order valence-electron chi connectivity index (χ2n) is 4.34. The van der Waals surface area contributed by atoms with Gasteiger partial charge in [0, 0.05) is 17.7 Å². The zero-order chi connectivity index (χ0) is 14.9. The molecule has 0 saturated heterocycles. The second-order valence-corrected chi connectivity index (χ2v) is 5.19. The normalized spacial score (nSPS) is 12.5. The van der Waals surface area contributed by atoms with Crippen LogP contribution in [0.25, 0.3) is 0 Å². The van der Waals surface area contributed by atoms with Crippen molar-refractivity contribution >= 4 is 15.9 Å². The van der Waals surface area contributed by atoms with Crippen LogP contribution in [0.4, 0.5) is 17.6 Å². The van der Waals surface area contributed by atoms with Crippen LogP contribution in [0.3, 0.4) is 0 Å². The maximum absolute atomic E-state index is 13.8. The molecule has 20 heavy (non-hydrogen) atoms. The van der Waals surface area contributed by atoms with Crippen LogP contribution in [-0.4, -0.2) is 0 Å². The molecule has 1 nitrogen and oxygen atoms in total. The molecule has 0 bridgehead atoms. The molecule has 0 fully saturated rings. The zero-order valence-electron chi connectivity index (χ0n) is 10.1. The summed E-state index contributed by atoms with van der Waals surface area (Å²) in [6, 6.07) is 4.21. The molecule has 0 aromatic heterocycles. The summed E-state index contributed by atoms with van der Waals surface area (Å²) in [5.74, 6) is -3.09. The molecule has 0 heterocycles. The lowest BCUT2D eigenvalue weighted by Crippen LogP contribution is -2.16. The Morgan fingerprint density at radius 2 is 1.60 bits per heavy atom. The summed E-state index contributed by atoms with van der Waals surface area (Å²) in [5.41, 5.74) is 5.69. The molecule has 2 rings (SSSR count). The fraction of sp³-hybridized carbons (Fsp3) is 0.143. The molecule has 1 atom stereocenters. The quantitative estimate of drug-likeness (QED) is 0.651. The minimum atomic E-state index is -0.918. The Morgan fingerprint density at radius 1 is 1.00 bits per heavy atom. The zero-order valence-corrected chi connectivity index (χ0v) is 11.7. The van der Waals surface area contributed by atoms with E-state index in [1.54, 1.807) is 0 Å². The van der Waals surface area contributed by atoms with Gasteiger partial charge in [0.05, 0.1) is 4.47 Å². The van der Waals surface area contributed by atoms with Crippen LogP contribution in [0.2, 0.25) is 0 Å². The summed E-state index contributed by atoms with van der Waals surface area (Å²) < 4.78 is 53.7. The standard InChI is InChI=1S/C14H10BrF4N/c15-11-1-2-12(18)10(14(11)19)6-13(20)7-3-8(16)5-9(17)4-7/h1-5,13H,6,20H2. The number of halogens is 5. The summed E-state index contributed by atoms with van der Waals surface area (Å²) >= 11 is 2.95. The van der Waals surface area contributed by atoms with Gasteiger partial charge in [0.2, 0.25) is 0 Å². The molecular weight excluding hydrogens is 338 g/mol. The molecule has 0 saturated carbocycles. The van der Waals surface area contributed by atoms with E-state index in [2.05, 4.69) is 15.9 Å². The molecule has 0 amide bonds. The van der Waals surface area contributed by atoms with Crippen LogP contribution in [0.1, 0.15) is 17.2 Å². The van der Waals surface area contributed by atoms with E-state index in [1.807, 2.05) is 0 Å². The fourth-order valence-electron chi connectivity index (χ4n) is 1.88. The van der Waals surface area contributed by atoms with E-state index in [0.29, 0.717) is 6.07 Å². The third-order valence-electron chi connectivity index (χ3n) is 2.88. The van der Waals surface area contributed by atoms with Gasteiger partial charge >= 0.3 is 0 Å². The summed E-state index contributed by atoms with van der Waals surface area (Å²) in [5, 5.41) is 0. The van der Waals surface area contributed by atoms with Crippen molar-refractivity contribution in [3.05, 3.63) is 69.2 Å². The van der Waals surface area contributed by atoms with E-state index in [4.69, 9.17) is 5.73 Å². The van der Waals surface area contributed by atoms with Crippen molar-refractivity contribution in [3.63, 3.8) is 0 Å². The summed E-state index contributed by atoms with van der Waals surface area (Å²) in [4.78, 5) is 0. The highest BCUT2D eigenvalue weighted by atomic mass is 79.9. The number of nitrogens with two attached hydrogens (primary N) is 1. The van der Waals surface area contributed by atoms with Crippen molar-refractivity contribution in [3.8, 4) is 0 Å². The Labute approximate surface area is 121 Å². The smallest absolute Gasteiger partial charge is 0.143 e. The van der Waals surface area contributed by atoms with E-state index in [0.717, 1.165) is 18.2 Å². The predicted molar refractivity (Wildman–Crippen MR) is 71.0 cm³/mol. The van der Waals surface area contributed by atoms with Crippen LogP contribution >= 0.6 is 15.9 Å². The third-order valence-corrected chi connectivity index (χ3v) is 3.49. The van der Waals surface area contributed by atoms with Crippen molar-refractivity contribution in [2.24, 2.45) is 5.73 Å². The van der Waals surface area contributed by atoms with Crippen molar-refractivity contribution < 1.29 is 17.6 Å². The molecular formula is C14H10BrF4N. The first kappa shape index (κ1) is 15.0. The second kappa shape index (κ2) is 5.93. The minimum Gasteiger partial charge on any atom is -0.324 e. The first-order chi connectivity index (χ1) is 9.38. The third kappa shape index (κ3) is 3.19. The summed E-state index contributed by atoms with van der Waals surface area (Å²) in [6.07, 6.45) is -0.208. The number of benzene rings is 2. The molecule has 0 aliphatic heterocycles. The first-order valence-corrected chi connectivity index (χ1v) is 6.51. The van der Waals surface area contributed by atoms with Crippen LogP contribution < -0.4 is 5.73 Å². The molecule has 0 radical (unpaired) electrons. The number of hydrogen-bond acceptors (Lipinski definition) is 1. The van der Waals surface area contributed by atoms with Crippen LogP contribution in [0.5, 0.6) is 0 Å². The Morgan fingerprint density at radius 3 is 2.20 bits per heavy atom. The molecule has 2 aromatic carbocycles. The average molecular weight is 348 g/mol. The van der Waals surface area contributed by atoms with Gasteiger partial charge in [-0.1, -0.05) is 0 Å². The molecule has 6 heteroatoms. The van der Waals surface area contributed by atoms with E-state index in [-0.39, 0.29) is 22.0 Å². The van der Waals surface area contributed by atoms with Gasteiger partial charge in [-0.15, -0.1) is 0 Å². The lowest BCUT2D eigenvalue weighted by molar-refractivity contribution is 0.532. The number of hydrogen-bond donors (Lipinski definition) is 1. The average Bonchev–Trinajstić information content (AvgIpc) is 2.38. The lowest BCUT2D eigenvalue weighted by atomic mass is 9.99. The van der Waals surface area contributed by atoms with Crippen LogP contribution in [-0.2, 0) is 6.42 Å². The van der Waals surface area contributed by atoms with E-state index in [9.17, 15) is 17.6 Å². The maximum Gasteiger partial charge on any atom is 0.143 e. The Bertz CT molecular complexity index is 625. The van der Waals surface area contributed by atoms with Crippen LogP contribution in [0, 0.1) is 23.3 Å². The molecule has 0 aliphatic carbocycles. The van der Waals surface area contributed by atoms with Crippen molar-refractivity contribution in [1.29, 1.82) is 0 Å². The van der Waals surface area contributed by atoms with Gasteiger partial charge in [-0.05, 0) is 52.2 Å². The van der Waals surface area contributed by atoms with Gasteiger partial charge in [-0.3, -0.25) is 0 Å². The highest BCUT2D eigenvalue weighted by Gasteiger charge is 2.17. The van der Waals surface area contributed by atoms with E-state index < -0.39 is 29.3 Å². The maximum atomic E-state index is 13.8. The van der Waals surface area contributed by atoms with Gasteiger partial charge < -0.3 is 5.73 Å². The predicted octanol–water partition coefficient (Wildman–Crippen LogP) is 4.25. The fourth-order valence-corrected chi connectivity index (χ4v) is 2.25. The monoisotopic (exact) mass is 347 g/mol. The highest BCUT2D eigenvalue weighted by molar-refractivity contribution is 9.10. The number of rotatable bonds is 3. The van der Waals surface area contributed by atoms with Gasteiger partial charge in [0.15, 0.2) is 0 Å². The molecule has 2 N–H and O–H groups in total. The highest BCUT2D eigenvalue weighted by Crippen LogP contribution is 2.26. The molecule has 106 valence electrons. The van der Waals surface area contributed by atoms with Gasteiger partial charge in [0.25, 0.3) is 0 Å². The summed E-state index contributed by atoms with van der Waals surface area (Å²) in [6.45, 7) is 0.